The first-order chi connectivity index (χ1) is 8.24. The number of nitrogens with zero attached hydrogens (tertiary/aromatic N) is 2. The van der Waals surface area contributed by atoms with Crippen molar-refractivity contribution in [3.05, 3.63) is 46.6 Å². The number of hydrogen-bond donors (Lipinski definition) is 0. The minimum Gasteiger partial charge on any atom is -0.448 e. The van der Waals surface area contributed by atoms with Crippen molar-refractivity contribution in [3.8, 4) is 23.1 Å². The summed E-state index contributed by atoms with van der Waals surface area (Å²) < 4.78 is 10.9. The number of nitro groups is 1. The van der Waals surface area contributed by atoms with E-state index in [1.807, 2.05) is 0 Å². The number of ether oxygens (including phenoxy) is 2. The van der Waals surface area contributed by atoms with E-state index < -0.39 is 4.92 Å². The lowest BCUT2D eigenvalue weighted by molar-refractivity contribution is -0.384. The Bertz CT molecular complexity index is 612. The molecule has 0 aliphatic carbocycles. The van der Waals surface area contributed by atoms with Gasteiger partial charge in [0.1, 0.15) is 0 Å². The van der Waals surface area contributed by atoms with Crippen molar-refractivity contribution in [2.45, 2.75) is 0 Å². The maximum atomic E-state index is 10.6. The summed E-state index contributed by atoms with van der Waals surface area (Å²) in [5.41, 5.74) is -0.0493. The van der Waals surface area contributed by atoms with E-state index in [2.05, 4.69) is 4.98 Å². The van der Waals surface area contributed by atoms with E-state index in [4.69, 9.17) is 9.47 Å². The standard InChI is InChI=1S/C11H6N2O4/c14-13(15)7-3-4-8-10(6-7)17-11-9(16-8)2-1-5-12-11/h1-6H. The van der Waals surface area contributed by atoms with Crippen LogP contribution in [0.5, 0.6) is 23.1 Å². The van der Waals surface area contributed by atoms with Crippen molar-refractivity contribution in [2.75, 3.05) is 0 Å². The summed E-state index contributed by atoms with van der Waals surface area (Å²) in [5.74, 6) is 1.54. The third-order valence-electron chi connectivity index (χ3n) is 2.30. The van der Waals surface area contributed by atoms with Crippen LogP contribution in [0.4, 0.5) is 5.69 Å². The van der Waals surface area contributed by atoms with Crippen LogP contribution in [-0.4, -0.2) is 9.91 Å². The van der Waals surface area contributed by atoms with Gasteiger partial charge in [0.2, 0.25) is 0 Å². The first-order valence-electron chi connectivity index (χ1n) is 4.83. The van der Waals surface area contributed by atoms with Crippen molar-refractivity contribution < 1.29 is 14.4 Å². The topological polar surface area (TPSA) is 74.5 Å². The zero-order valence-corrected chi connectivity index (χ0v) is 8.49. The second kappa shape index (κ2) is 3.44. The molecule has 0 amide bonds. The fourth-order valence-electron chi connectivity index (χ4n) is 1.53. The van der Waals surface area contributed by atoms with E-state index in [-0.39, 0.29) is 5.69 Å². The molecule has 3 rings (SSSR count). The zero-order valence-electron chi connectivity index (χ0n) is 8.49. The molecule has 2 heterocycles. The first kappa shape index (κ1) is 9.59. The largest absolute Gasteiger partial charge is 0.448 e. The van der Waals surface area contributed by atoms with E-state index in [1.165, 1.54) is 18.2 Å². The summed E-state index contributed by atoms with van der Waals surface area (Å²) in [6, 6.07) is 7.62. The van der Waals surface area contributed by atoms with E-state index in [0.29, 0.717) is 23.1 Å². The maximum Gasteiger partial charge on any atom is 0.273 e. The van der Waals surface area contributed by atoms with Gasteiger partial charge in [-0.25, -0.2) is 4.98 Å². The van der Waals surface area contributed by atoms with Crippen LogP contribution in [0.15, 0.2) is 36.5 Å². The van der Waals surface area contributed by atoms with Gasteiger partial charge in [-0.05, 0) is 18.2 Å². The van der Waals surface area contributed by atoms with E-state index in [9.17, 15) is 10.1 Å². The molecule has 0 bridgehead atoms. The van der Waals surface area contributed by atoms with Gasteiger partial charge in [0.15, 0.2) is 17.2 Å². The summed E-state index contributed by atoms with van der Waals surface area (Å²) in [7, 11) is 0. The number of nitro benzene ring substituents is 1. The fourth-order valence-corrected chi connectivity index (χ4v) is 1.53. The predicted octanol–water partition coefficient (Wildman–Crippen LogP) is 2.89. The Morgan fingerprint density at radius 1 is 1.12 bits per heavy atom. The van der Waals surface area contributed by atoms with Crippen molar-refractivity contribution in [1.29, 1.82) is 0 Å². The number of benzene rings is 1. The Morgan fingerprint density at radius 2 is 2.00 bits per heavy atom. The average molecular weight is 230 g/mol. The number of pyridine rings is 1. The Kier molecular flexibility index (Phi) is 1.94. The van der Waals surface area contributed by atoms with Crippen LogP contribution in [0.1, 0.15) is 0 Å². The van der Waals surface area contributed by atoms with Gasteiger partial charge in [0, 0.05) is 12.3 Å². The highest BCUT2D eigenvalue weighted by Gasteiger charge is 2.21. The number of non-ortho nitro benzene ring substituents is 1. The van der Waals surface area contributed by atoms with E-state index in [1.54, 1.807) is 18.3 Å². The highest BCUT2D eigenvalue weighted by molar-refractivity contribution is 5.55. The molecule has 6 heteroatoms. The molecular formula is C11H6N2O4. The zero-order chi connectivity index (χ0) is 11.8. The molecule has 0 saturated carbocycles. The lowest BCUT2D eigenvalue weighted by Gasteiger charge is -2.18. The van der Waals surface area contributed by atoms with Crippen LogP contribution in [0, 0.1) is 10.1 Å². The lowest BCUT2D eigenvalue weighted by Crippen LogP contribution is -2.01. The van der Waals surface area contributed by atoms with Gasteiger partial charge in [-0.15, -0.1) is 0 Å². The second-order valence-electron chi connectivity index (χ2n) is 3.40. The molecule has 0 atom stereocenters. The quantitative estimate of drug-likeness (QED) is 0.474. The Morgan fingerprint density at radius 3 is 2.82 bits per heavy atom. The molecule has 1 aromatic heterocycles. The van der Waals surface area contributed by atoms with Gasteiger partial charge < -0.3 is 9.47 Å². The van der Waals surface area contributed by atoms with Crippen molar-refractivity contribution in [1.82, 2.24) is 4.98 Å². The van der Waals surface area contributed by atoms with Crippen molar-refractivity contribution >= 4 is 5.69 Å². The maximum absolute atomic E-state index is 10.6. The molecule has 0 unspecified atom stereocenters. The highest BCUT2D eigenvalue weighted by atomic mass is 16.6. The van der Waals surface area contributed by atoms with Crippen LogP contribution in [-0.2, 0) is 0 Å². The average Bonchev–Trinajstić information content (AvgIpc) is 2.35. The van der Waals surface area contributed by atoms with E-state index in [0.717, 1.165) is 0 Å². The normalized spacial score (nSPS) is 11.8. The Hall–Kier alpha value is -2.63. The van der Waals surface area contributed by atoms with Crippen LogP contribution < -0.4 is 9.47 Å². The predicted molar refractivity (Wildman–Crippen MR) is 57.5 cm³/mol. The summed E-state index contributed by atoms with van der Waals surface area (Å²) in [5, 5.41) is 10.6. The Balaban J connectivity index is 2.06. The van der Waals surface area contributed by atoms with Gasteiger partial charge in [0.05, 0.1) is 11.0 Å². The van der Waals surface area contributed by atoms with Gasteiger partial charge in [-0.1, -0.05) is 0 Å². The van der Waals surface area contributed by atoms with Gasteiger partial charge in [0.25, 0.3) is 11.6 Å². The lowest BCUT2D eigenvalue weighted by atomic mass is 10.2. The minimum absolute atomic E-state index is 0.0493. The third-order valence-corrected chi connectivity index (χ3v) is 2.30. The summed E-state index contributed by atoms with van der Waals surface area (Å²) in [6.07, 6.45) is 1.56. The molecule has 1 aromatic carbocycles. The number of fused-ring (bicyclic) bond motifs is 2. The van der Waals surface area contributed by atoms with E-state index >= 15 is 0 Å². The summed E-state index contributed by atoms with van der Waals surface area (Å²) in [6.45, 7) is 0. The number of aromatic nitrogens is 1. The highest BCUT2D eigenvalue weighted by Crippen LogP contribution is 2.44. The Labute approximate surface area is 95.6 Å². The summed E-state index contributed by atoms with van der Waals surface area (Å²) >= 11 is 0. The number of rotatable bonds is 1. The SMILES string of the molecule is O=[N+]([O-])c1ccc2c(c1)Oc1ncccc1O2. The smallest absolute Gasteiger partial charge is 0.273 e. The molecule has 1 aliphatic heterocycles. The third kappa shape index (κ3) is 1.55. The van der Waals surface area contributed by atoms with Crippen LogP contribution in [0.3, 0.4) is 0 Å². The van der Waals surface area contributed by atoms with Gasteiger partial charge in [-0.2, -0.15) is 0 Å². The minimum atomic E-state index is -0.489. The first-order valence-corrected chi connectivity index (χ1v) is 4.83. The van der Waals surface area contributed by atoms with Crippen molar-refractivity contribution in [2.24, 2.45) is 0 Å². The molecule has 0 fully saturated rings. The summed E-state index contributed by atoms with van der Waals surface area (Å²) in [4.78, 5) is 14.1. The molecule has 0 saturated heterocycles. The molecule has 84 valence electrons. The molecule has 2 aromatic rings. The second-order valence-corrected chi connectivity index (χ2v) is 3.40. The van der Waals surface area contributed by atoms with Crippen LogP contribution >= 0.6 is 0 Å². The monoisotopic (exact) mass is 230 g/mol. The molecule has 6 nitrogen and oxygen atoms in total. The van der Waals surface area contributed by atoms with Crippen LogP contribution in [0.25, 0.3) is 0 Å². The van der Waals surface area contributed by atoms with Crippen molar-refractivity contribution in [3.63, 3.8) is 0 Å². The molecular weight excluding hydrogens is 224 g/mol. The molecule has 0 spiro atoms. The molecule has 1 aliphatic rings. The fraction of sp³-hybridized carbons (Fsp3) is 0. The number of hydrogen-bond acceptors (Lipinski definition) is 5. The molecule has 0 N–H and O–H groups in total. The molecule has 17 heavy (non-hydrogen) atoms. The van der Waals surface area contributed by atoms with Gasteiger partial charge in [-0.3, -0.25) is 10.1 Å². The van der Waals surface area contributed by atoms with Gasteiger partial charge >= 0.3 is 0 Å². The van der Waals surface area contributed by atoms with Crippen LogP contribution in [0.2, 0.25) is 0 Å². The molecule has 0 radical (unpaired) electrons.